The van der Waals surface area contributed by atoms with Crippen LogP contribution >= 0.6 is 0 Å². The van der Waals surface area contributed by atoms with Crippen LogP contribution in [0.4, 0.5) is 11.6 Å². The third kappa shape index (κ3) is 3.56. The molecule has 0 unspecified atom stereocenters. The van der Waals surface area contributed by atoms with E-state index < -0.39 is 0 Å². The molecule has 1 N–H and O–H groups in total. The van der Waals surface area contributed by atoms with Crippen LogP contribution < -0.4 is 10.2 Å². The lowest BCUT2D eigenvalue weighted by molar-refractivity contribution is 0.220. The van der Waals surface area contributed by atoms with Gasteiger partial charge in [-0.2, -0.15) is 0 Å². The quantitative estimate of drug-likeness (QED) is 0.878. The van der Waals surface area contributed by atoms with Gasteiger partial charge in [0.15, 0.2) is 0 Å². The molecule has 2 heterocycles. The largest absolute Gasteiger partial charge is 0.370 e. The monoisotopic (exact) mass is 263 g/mol. The molecule has 1 aliphatic heterocycles. The molecular formula is C14H25N5. The Morgan fingerprint density at radius 2 is 2.05 bits per heavy atom. The molecule has 1 saturated heterocycles. The van der Waals surface area contributed by atoms with Crippen LogP contribution in [0, 0.1) is 0 Å². The Morgan fingerprint density at radius 3 is 2.68 bits per heavy atom. The van der Waals surface area contributed by atoms with Gasteiger partial charge in [0.1, 0.15) is 18.0 Å². The lowest BCUT2D eigenvalue weighted by Gasteiger charge is -2.36. The number of likely N-dealkylation sites (tertiary alicyclic amines) is 1. The van der Waals surface area contributed by atoms with Gasteiger partial charge in [0.2, 0.25) is 0 Å². The molecule has 19 heavy (non-hydrogen) atoms. The second-order valence-electron chi connectivity index (χ2n) is 5.07. The van der Waals surface area contributed by atoms with Crippen molar-refractivity contribution in [3.05, 3.63) is 12.4 Å². The topological polar surface area (TPSA) is 44.3 Å². The number of anilines is 2. The second kappa shape index (κ2) is 6.70. The Hall–Kier alpha value is -1.36. The van der Waals surface area contributed by atoms with E-state index in [9.17, 15) is 0 Å². The average Bonchev–Trinajstić information content (AvgIpc) is 2.47. The summed E-state index contributed by atoms with van der Waals surface area (Å²) in [6.45, 7) is 8.74. The number of hydrogen-bond donors (Lipinski definition) is 1. The molecular weight excluding hydrogens is 238 g/mol. The van der Waals surface area contributed by atoms with Crippen LogP contribution in [-0.2, 0) is 0 Å². The lowest BCUT2D eigenvalue weighted by Crippen LogP contribution is -2.43. The number of nitrogens with zero attached hydrogens (tertiary/aromatic N) is 4. The normalized spacial score (nSPS) is 17.4. The average molecular weight is 263 g/mol. The predicted molar refractivity (Wildman–Crippen MR) is 79.7 cm³/mol. The van der Waals surface area contributed by atoms with Gasteiger partial charge in [-0.15, -0.1) is 0 Å². The van der Waals surface area contributed by atoms with Gasteiger partial charge in [-0.1, -0.05) is 6.92 Å². The number of nitrogens with one attached hydrogen (secondary N) is 1. The summed E-state index contributed by atoms with van der Waals surface area (Å²) in [6.07, 6.45) is 4.07. The fourth-order valence-electron chi connectivity index (χ4n) is 2.63. The highest BCUT2D eigenvalue weighted by molar-refractivity contribution is 5.48. The minimum absolute atomic E-state index is 0.590. The van der Waals surface area contributed by atoms with Crippen LogP contribution in [0.15, 0.2) is 12.4 Å². The van der Waals surface area contributed by atoms with Crippen LogP contribution in [0.5, 0.6) is 0 Å². The maximum atomic E-state index is 4.40. The first-order chi connectivity index (χ1) is 9.24. The molecule has 0 aromatic carbocycles. The maximum absolute atomic E-state index is 4.40. The van der Waals surface area contributed by atoms with Crippen molar-refractivity contribution >= 4 is 11.6 Å². The molecule has 1 fully saturated rings. The summed E-state index contributed by atoms with van der Waals surface area (Å²) < 4.78 is 0. The summed E-state index contributed by atoms with van der Waals surface area (Å²) >= 11 is 0. The van der Waals surface area contributed by atoms with Crippen molar-refractivity contribution in [3.63, 3.8) is 0 Å². The van der Waals surface area contributed by atoms with Crippen LogP contribution in [0.1, 0.15) is 26.7 Å². The van der Waals surface area contributed by atoms with Gasteiger partial charge in [0.05, 0.1) is 0 Å². The van der Waals surface area contributed by atoms with Crippen molar-refractivity contribution < 1.29 is 0 Å². The number of piperidine rings is 1. The van der Waals surface area contributed by atoms with Crippen LogP contribution in [0.25, 0.3) is 0 Å². The van der Waals surface area contributed by atoms with Gasteiger partial charge < -0.3 is 15.1 Å². The predicted octanol–water partition coefficient (Wildman–Crippen LogP) is 1.83. The van der Waals surface area contributed by atoms with Gasteiger partial charge in [-0.05, 0) is 26.3 Å². The summed E-state index contributed by atoms with van der Waals surface area (Å²) in [4.78, 5) is 13.4. The van der Waals surface area contributed by atoms with E-state index in [4.69, 9.17) is 0 Å². The Balaban J connectivity index is 1.99. The molecule has 0 amide bonds. The van der Waals surface area contributed by atoms with Crippen molar-refractivity contribution in [1.29, 1.82) is 0 Å². The van der Waals surface area contributed by atoms with Crippen molar-refractivity contribution in [1.82, 2.24) is 14.9 Å². The summed E-state index contributed by atoms with van der Waals surface area (Å²) in [5, 5.41) is 3.24. The molecule has 0 bridgehead atoms. The fourth-order valence-corrected chi connectivity index (χ4v) is 2.63. The number of rotatable bonds is 5. The first-order valence-corrected chi connectivity index (χ1v) is 7.25. The van der Waals surface area contributed by atoms with Gasteiger partial charge in [-0.25, -0.2) is 9.97 Å². The van der Waals surface area contributed by atoms with Gasteiger partial charge in [0.25, 0.3) is 0 Å². The lowest BCUT2D eigenvalue weighted by atomic mass is 10.0. The highest BCUT2D eigenvalue weighted by Crippen LogP contribution is 2.21. The van der Waals surface area contributed by atoms with E-state index in [1.54, 1.807) is 6.33 Å². The molecule has 1 aromatic heterocycles. The van der Waals surface area contributed by atoms with Crippen LogP contribution in [0.3, 0.4) is 0 Å². The van der Waals surface area contributed by atoms with Crippen molar-refractivity contribution in [3.8, 4) is 0 Å². The third-order valence-corrected chi connectivity index (χ3v) is 3.92. The molecule has 5 nitrogen and oxygen atoms in total. The molecule has 106 valence electrons. The molecule has 5 heteroatoms. The van der Waals surface area contributed by atoms with E-state index in [0.29, 0.717) is 6.04 Å². The van der Waals surface area contributed by atoms with Crippen molar-refractivity contribution in [2.24, 2.45) is 0 Å². The maximum Gasteiger partial charge on any atom is 0.134 e. The fraction of sp³-hybridized carbons (Fsp3) is 0.714. The van der Waals surface area contributed by atoms with Gasteiger partial charge in [-0.3, -0.25) is 0 Å². The molecule has 1 aromatic rings. The summed E-state index contributed by atoms with van der Waals surface area (Å²) in [6, 6.07) is 2.63. The van der Waals surface area contributed by atoms with E-state index >= 15 is 0 Å². The Morgan fingerprint density at radius 1 is 1.32 bits per heavy atom. The summed E-state index contributed by atoms with van der Waals surface area (Å²) in [5.74, 6) is 1.92. The van der Waals surface area contributed by atoms with Crippen LogP contribution in [0.2, 0.25) is 0 Å². The minimum atomic E-state index is 0.590. The molecule has 0 spiro atoms. The van der Waals surface area contributed by atoms with Crippen molar-refractivity contribution in [2.75, 3.05) is 43.4 Å². The van der Waals surface area contributed by atoms with E-state index in [1.165, 1.54) is 25.9 Å². The third-order valence-electron chi connectivity index (χ3n) is 3.92. The molecule has 1 aliphatic rings. The number of aromatic nitrogens is 2. The molecule has 0 radical (unpaired) electrons. The standard InChI is InChI=1S/C14H25N5/c1-4-15-13-10-14(17-11-16-13)18(3)12-6-8-19(5-2)9-7-12/h10-12H,4-9H2,1-3H3,(H,15,16,17). The van der Waals surface area contributed by atoms with E-state index in [1.807, 2.05) is 6.07 Å². The minimum Gasteiger partial charge on any atom is -0.370 e. The zero-order chi connectivity index (χ0) is 13.7. The van der Waals surface area contributed by atoms with Crippen molar-refractivity contribution in [2.45, 2.75) is 32.7 Å². The molecule has 0 aliphatic carbocycles. The second-order valence-corrected chi connectivity index (χ2v) is 5.07. The molecule has 0 atom stereocenters. The van der Waals surface area contributed by atoms with Crippen LogP contribution in [-0.4, -0.2) is 54.1 Å². The smallest absolute Gasteiger partial charge is 0.134 e. The SMILES string of the molecule is CCNc1cc(N(C)C2CCN(CC)CC2)ncn1. The van der Waals surface area contributed by atoms with E-state index in [0.717, 1.165) is 24.7 Å². The van der Waals surface area contributed by atoms with E-state index in [-0.39, 0.29) is 0 Å². The highest BCUT2D eigenvalue weighted by atomic mass is 15.2. The summed E-state index contributed by atoms with van der Waals surface area (Å²) in [7, 11) is 2.14. The summed E-state index contributed by atoms with van der Waals surface area (Å²) in [5.41, 5.74) is 0. The molecule has 2 rings (SSSR count). The van der Waals surface area contributed by atoms with Gasteiger partial charge >= 0.3 is 0 Å². The first kappa shape index (κ1) is 14.1. The zero-order valence-electron chi connectivity index (χ0n) is 12.3. The zero-order valence-corrected chi connectivity index (χ0v) is 12.3. The number of hydrogen-bond acceptors (Lipinski definition) is 5. The Kier molecular flexibility index (Phi) is 4.96. The van der Waals surface area contributed by atoms with Gasteiger partial charge in [0, 0.05) is 38.8 Å². The highest BCUT2D eigenvalue weighted by Gasteiger charge is 2.22. The molecule has 0 saturated carbocycles. The Labute approximate surface area is 116 Å². The van der Waals surface area contributed by atoms with E-state index in [2.05, 4.69) is 46.0 Å². The Bertz CT molecular complexity index is 387. The first-order valence-electron chi connectivity index (χ1n) is 7.25.